The van der Waals surface area contributed by atoms with Crippen LogP contribution < -0.4 is 0 Å². The average molecular weight is 509 g/mol. The third kappa shape index (κ3) is 5.83. The fourth-order valence-electron chi connectivity index (χ4n) is 3.87. The predicted octanol–water partition coefficient (Wildman–Crippen LogP) is 1.95. The van der Waals surface area contributed by atoms with E-state index in [1.165, 1.54) is 19.2 Å². The number of nitro groups is 1. The summed E-state index contributed by atoms with van der Waals surface area (Å²) in [5.74, 6) is -0.867. The van der Waals surface area contributed by atoms with Gasteiger partial charge >= 0.3 is 5.97 Å². The van der Waals surface area contributed by atoms with E-state index in [4.69, 9.17) is 27.9 Å². The highest BCUT2D eigenvalue weighted by atomic mass is 32.2. The van der Waals surface area contributed by atoms with Crippen LogP contribution in [0.3, 0.4) is 0 Å². The second kappa shape index (κ2) is 10.4. The van der Waals surface area contributed by atoms with E-state index in [2.05, 4.69) is 0 Å². The number of nitrogens with zero attached hydrogens (tertiary/aromatic N) is 1. The van der Waals surface area contributed by atoms with E-state index in [1.807, 2.05) is 6.07 Å². The number of non-ortho nitro benzene ring substituents is 1. The van der Waals surface area contributed by atoms with Crippen LogP contribution in [0.1, 0.15) is 22.2 Å². The lowest BCUT2D eigenvalue weighted by Crippen LogP contribution is -2.64. The highest BCUT2D eigenvalue weighted by Gasteiger charge is 2.54. The van der Waals surface area contributed by atoms with E-state index in [0.29, 0.717) is 5.56 Å². The first kappa shape index (κ1) is 25.2. The van der Waals surface area contributed by atoms with Crippen molar-refractivity contribution in [3.05, 3.63) is 75.8 Å². The van der Waals surface area contributed by atoms with Crippen LogP contribution in [0.2, 0.25) is 0 Å². The fraction of sp³-hybridized carbons (Fsp3) is 0.409. The minimum atomic E-state index is -4.03. The van der Waals surface area contributed by atoms with E-state index in [0.717, 1.165) is 18.4 Å². The van der Waals surface area contributed by atoms with Crippen LogP contribution in [0.25, 0.3) is 0 Å². The topological polar surface area (TPSA) is 150 Å². The van der Waals surface area contributed by atoms with Gasteiger partial charge in [-0.3, -0.25) is 14.3 Å². The summed E-state index contributed by atoms with van der Waals surface area (Å²) in [6, 6.07) is 13.8. The lowest BCUT2D eigenvalue weighted by molar-refractivity contribution is -0.384. The Morgan fingerprint density at radius 3 is 2.34 bits per heavy atom. The number of carbonyl (C=O) groups excluding carboxylic acids is 1. The molecular weight excluding hydrogens is 486 g/mol. The largest absolute Gasteiger partial charge is 0.453 e. The number of benzene rings is 2. The molecular formula is C22H23NO11S. The van der Waals surface area contributed by atoms with Gasteiger partial charge in [0.15, 0.2) is 24.8 Å². The molecule has 2 saturated heterocycles. The third-order valence-electron chi connectivity index (χ3n) is 5.43. The quantitative estimate of drug-likeness (QED) is 0.233. The van der Waals surface area contributed by atoms with Crippen LogP contribution in [-0.2, 0) is 38.0 Å². The molecule has 0 aliphatic carbocycles. The van der Waals surface area contributed by atoms with Gasteiger partial charge in [-0.25, -0.2) is 4.79 Å². The number of hydrogen-bond acceptors (Lipinski definition) is 11. The molecule has 2 aromatic rings. The van der Waals surface area contributed by atoms with Crippen LogP contribution in [0.15, 0.2) is 54.6 Å². The summed E-state index contributed by atoms with van der Waals surface area (Å²) >= 11 is 0. The maximum atomic E-state index is 13.0. The molecule has 12 nitrogen and oxygen atoms in total. The van der Waals surface area contributed by atoms with E-state index in [-0.39, 0.29) is 17.9 Å². The number of esters is 1. The normalized spacial score (nSPS) is 28.6. The Balaban J connectivity index is 1.64. The van der Waals surface area contributed by atoms with Crippen molar-refractivity contribution in [3.63, 3.8) is 0 Å². The minimum Gasteiger partial charge on any atom is -0.453 e. The van der Waals surface area contributed by atoms with Gasteiger partial charge in [-0.1, -0.05) is 30.3 Å². The second-order valence-electron chi connectivity index (χ2n) is 7.89. The molecule has 0 amide bonds. The van der Waals surface area contributed by atoms with Crippen molar-refractivity contribution < 1.29 is 46.0 Å². The Kier molecular flexibility index (Phi) is 7.44. The SMILES string of the molecule is CO[C@@H]1O[C@H]2CO[C@H](c3ccccc3)O[C@H]2[C@H](OC(=O)c2ccc([N+](=O)[O-])cc2)[C@H]1OS(C)(=O)=O. The summed E-state index contributed by atoms with van der Waals surface area (Å²) in [6.07, 6.45) is -5.64. The molecule has 6 atom stereocenters. The summed E-state index contributed by atoms with van der Waals surface area (Å²) in [6.45, 7) is 0.0429. The van der Waals surface area contributed by atoms with Gasteiger partial charge in [0.25, 0.3) is 15.8 Å². The standard InChI is InChI=1S/C22H23NO11S/c1-29-22-19(34-35(2,27)28)18(32-20(24)13-8-10-15(11-9-13)23(25)26)17-16(31-22)12-30-21(33-17)14-6-4-3-5-7-14/h3-11,16-19,21-22H,12H2,1-2H3/t16-,17+,18-,19+,21-,22+/m0/s1. The molecule has 0 spiro atoms. The number of methoxy groups -OCH3 is 1. The zero-order valence-corrected chi connectivity index (χ0v) is 19.5. The first-order valence-corrected chi connectivity index (χ1v) is 12.3. The third-order valence-corrected chi connectivity index (χ3v) is 6.00. The van der Waals surface area contributed by atoms with Crippen LogP contribution in [-0.4, -0.2) is 70.0 Å². The van der Waals surface area contributed by atoms with E-state index in [9.17, 15) is 23.3 Å². The molecule has 0 saturated carbocycles. The summed E-state index contributed by atoms with van der Waals surface area (Å²) in [4.78, 5) is 23.3. The Labute approximate surface area is 200 Å². The van der Waals surface area contributed by atoms with Gasteiger partial charge in [0, 0.05) is 24.8 Å². The number of nitro benzene ring substituents is 1. The second-order valence-corrected chi connectivity index (χ2v) is 9.49. The molecule has 2 aliphatic heterocycles. The maximum Gasteiger partial charge on any atom is 0.338 e. The molecule has 2 heterocycles. The molecule has 0 radical (unpaired) electrons. The van der Waals surface area contributed by atoms with Gasteiger partial charge in [-0.2, -0.15) is 8.42 Å². The summed E-state index contributed by atoms with van der Waals surface area (Å²) in [5, 5.41) is 10.9. The molecule has 0 aromatic heterocycles. The van der Waals surface area contributed by atoms with Crippen LogP contribution in [0, 0.1) is 10.1 Å². The van der Waals surface area contributed by atoms with Crippen molar-refractivity contribution in [1.82, 2.24) is 0 Å². The first-order chi connectivity index (χ1) is 16.7. The molecule has 0 N–H and O–H groups in total. The van der Waals surface area contributed by atoms with Gasteiger partial charge in [0.2, 0.25) is 0 Å². The lowest BCUT2D eigenvalue weighted by Gasteiger charge is -2.47. The van der Waals surface area contributed by atoms with Crippen LogP contribution in [0.4, 0.5) is 5.69 Å². The zero-order chi connectivity index (χ0) is 25.2. The molecule has 0 unspecified atom stereocenters. The van der Waals surface area contributed by atoms with Crippen LogP contribution >= 0.6 is 0 Å². The van der Waals surface area contributed by atoms with E-state index < -0.39 is 58.0 Å². The summed E-state index contributed by atoms with van der Waals surface area (Å²) < 4.78 is 57.8. The predicted molar refractivity (Wildman–Crippen MR) is 118 cm³/mol. The van der Waals surface area contributed by atoms with E-state index >= 15 is 0 Å². The van der Waals surface area contributed by atoms with Crippen molar-refractivity contribution in [2.75, 3.05) is 20.0 Å². The molecule has 2 fully saturated rings. The van der Waals surface area contributed by atoms with Crippen molar-refractivity contribution in [2.24, 2.45) is 0 Å². The zero-order valence-electron chi connectivity index (χ0n) is 18.7. The van der Waals surface area contributed by atoms with Crippen molar-refractivity contribution in [3.8, 4) is 0 Å². The van der Waals surface area contributed by atoms with Gasteiger partial charge in [0.1, 0.15) is 12.2 Å². The maximum absolute atomic E-state index is 13.0. The lowest BCUT2D eigenvalue weighted by atomic mass is 9.97. The highest BCUT2D eigenvalue weighted by molar-refractivity contribution is 7.86. The molecule has 35 heavy (non-hydrogen) atoms. The Morgan fingerprint density at radius 1 is 1.06 bits per heavy atom. The Hall–Kier alpha value is -2.94. The van der Waals surface area contributed by atoms with Crippen LogP contribution in [0.5, 0.6) is 0 Å². The monoisotopic (exact) mass is 509 g/mol. The number of hydrogen-bond donors (Lipinski definition) is 0. The smallest absolute Gasteiger partial charge is 0.338 e. The van der Waals surface area contributed by atoms with Crippen molar-refractivity contribution in [2.45, 2.75) is 37.0 Å². The van der Waals surface area contributed by atoms with Gasteiger partial charge in [0.05, 0.1) is 23.3 Å². The summed E-state index contributed by atoms with van der Waals surface area (Å²) in [7, 11) is -2.74. The highest BCUT2D eigenvalue weighted by Crippen LogP contribution is 2.37. The van der Waals surface area contributed by atoms with Crippen molar-refractivity contribution in [1.29, 1.82) is 0 Å². The van der Waals surface area contributed by atoms with Gasteiger partial charge < -0.3 is 23.7 Å². The average Bonchev–Trinajstić information content (AvgIpc) is 2.84. The number of fused-ring (bicyclic) bond motifs is 1. The Morgan fingerprint density at radius 2 is 1.74 bits per heavy atom. The molecule has 0 bridgehead atoms. The number of rotatable bonds is 7. The minimum absolute atomic E-state index is 0.0115. The fourth-order valence-corrected chi connectivity index (χ4v) is 4.47. The number of ether oxygens (including phenoxy) is 5. The molecule has 2 aliphatic rings. The van der Waals surface area contributed by atoms with Gasteiger partial charge in [-0.05, 0) is 12.1 Å². The van der Waals surface area contributed by atoms with E-state index in [1.54, 1.807) is 24.3 Å². The van der Waals surface area contributed by atoms with Gasteiger partial charge in [-0.15, -0.1) is 0 Å². The summed E-state index contributed by atoms with van der Waals surface area (Å²) in [5.41, 5.74) is 0.502. The molecule has 2 aromatic carbocycles. The molecule has 188 valence electrons. The van der Waals surface area contributed by atoms with Crippen molar-refractivity contribution >= 4 is 21.8 Å². The number of carbonyl (C=O) groups is 1. The molecule has 13 heteroatoms. The molecule has 4 rings (SSSR count). The Bertz CT molecular complexity index is 1160. The first-order valence-electron chi connectivity index (χ1n) is 10.5.